The average molecular weight is 483 g/mol. The van der Waals surface area contributed by atoms with Crippen LogP contribution in [0.1, 0.15) is 21.7 Å². The molecule has 5 aromatic rings. The Morgan fingerprint density at radius 2 is 1.57 bits per heavy atom. The van der Waals surface area contributed by atoms with Crippen molar-refractivity contribution in [2.24, 2.45) is 0 Å². The summed E-state index contributed by atoms with van der Waals surface area (Å²) in [5, 5.41) is 15.2. The van der Waals surface area contributed by atoms with Crippen LogP contribution in [-0.4, -0.2) is 21.0 Å². The van der Waals surface area contributed by atoms with Crippen LogP contribution in [0.3, 0.4) is 0 Å². The van der Waals surface area contributed by atoms with E-state index in [9.17, 15) is 4.79 Å². The molecule has 0 fully saturated rings. The third-order valence-corrected chi connectivity index (χ3v) is 5.97. The second kappa shape index (κ2) is 9.78. The van der Waals surface area contributed by atoms with Gasteiger partial charge in [0, 0.05) is 34.9 Å². The maximum absolute atomic E-state index is 12.5. The van der Waals surface area contributed by atoms with Gasteiger partial charge in [-0.2, -0.15) is 4.98 Å². The molecule has 0 radical (unpaired) electrons. The van der Waals surface area contributed by atoms with Gasteiger partial charge < -0.3 is 20.5 Å². The Hall–Kier alpha value is -4.50. The molecular weight excluding hydrogens is 460 g/mol. The first kappa shape index (κ1) is 22.3. The number of hydrogen-bond acceptors (Lipinski definition) is 8. The Morgan fingerprint density at radius 1 is 0.857 bits per heavy atom. The van der Waals surface area contributed by atoms with E-state index < -0.39 is 0 Å². The van der Waals surface area contributed by atoms with Crippen LogP contribution in [0, 0.1) is 13.8 Å². The van der Waals surface area contributed by atoms with Crippen molar-refractivity contribution in [3.63, 3.8) is 0 Å². The number of anilines is 5. The Bertz CT molecular complexity index is 1440. The van der Waals surface area contributed by atoms with E-state index in [2.05, 4.69) is 31.1 Å². The van der Waals surface area contributed by atoms with E-state index in [0.29, 0.717) is 23.2 Å². The zero-order chi connectivity index (χ0) is 24.2. The van der Waals surface area contributed by atoms with Crippen LogP contribution in [0.15, 0.2) is 82.7 Å². The third-order valence-electron chi connectivity index (χ3n) is 5.08. The first-order chi connectivity index (χ1) is 17.0. The van der Waals surface area contributed by atoms with Gasteiger partial charge in [0.2, 0.25) is 5.95 Å². The van der Waals surface area contributed by atoms with Gasteiger partial charge in [-0.1, -0.05) is 28.9 Å². The van der Waals surface area contributed by atoms with Gasteiger partial charge >= 0.3 is 0 Å². The second-order valence-corrected chi connectivity index (χ2v) is 8.87. The molecule has 2 aromatic carbocycles. The van der Waals surface area contributed by atoms with Crippen LogP contribution in [-0.2, 0) is 0 Å². The zero-order valence-corrected chi connectivity index (χ0v) is 19.9. The number of carbonyl (C=O) groups excluding carboxylic acids is 1. The molecule has 5 rings (SSSR count). The van der Waals surface area contributed by atoms with Crippen molar-refractivity contribution < 1.29 is 9.32 Å². The quantitative estimate of drug-likeness (QED) is 0.242. The van der Waals surface area contributed by atoms with Crippen molar-refractivity contribution in [1.82, 2.24) is 15.1 Å². The van der Waals surface area contributed by atoms with E-state index in [-0.39, 0.29) is 11.6 Å². The van der Waals surface area contributed by atoms with Crippen molar-refractivity contribution in [1.29, 1.82) is 0 Å². The lowest BCUT2D eigenvalue weighted by Gasteiger charge is -2.11. The highest BCUT2D eigenvalue weighted by atomic mass is 32.1. The molecule has 3 aromatic heterocycles. The average Bonchev–Trinajstić information content (AvgIpc) is 3.54. The molecule has 35 heavy (non-hydrogen) atoms. The fourth-order valence-electron chi connectivity index (χ4n) is 3.35. The van der Waals surface area contributed by atoms with Crippen LogP contribution >= 0.6 is 11.3 Å². The first-order valence-electron chi connectivity index (χ1n) is 10.9. The number of carbonyl (C=O) groups is 1. The Labute approximate surface area is 206 Å². The number of benzene rings is 2. The molecule has 0 unspecified atom stereocenters. The third kappa shape index (κ3) is 5.53. The summed E-state index contributed by atoms with van der Waals surface area (Å²) in [7, 11) is 0. The number of aryl methyl sites for hydroxylation is 2. The lowest BCUT2D eigenvalue weighted by Crippen LogP contribution is -2.12. The standard InChI is InChI=1S/C26H22N6O2S/c1-16-5-7-18(8-6-16)28-24-14-17(2)27-26(31-24)30-20-11-9-19(10-12-20)29-25(33)21-15-22(34-32-21)23-4-3-13-35-23/h3-15H,1-2H3,(H,29,33)(H2,27,28,30,31). The maximum Gasteiger partial charge on any atom is 0.277 e. The highest BCUT2D eigenvalue weighted by Gasteiger charge is 2.14. The molecule has 8 nitrogen and oxygen atoms in total. The summed E-state index contributed by atoms with van der Waals surface area (Å²) < 4.78 is 5.29. The molecule has 0 spiro atoms. The molecule has 174 valence electrons. The highest BCUT2D eigenvalue weighted by Crippen LogP contribution is 2.26. The fourth-order valence-corrected chi connectivity index (χ4v) is 4.02. The number of nitrogens with one attached hydrogen (secondary N) is 3. The maximum atomic E-state index is 12.5. The van der Waals surface area contributed by atoms with E-state index in [1.165, 1.54) is 16.9 Å². The van der Waals surface area contributed by atoms with Gasteiger partial charge in [-0.25, -0.2) is 4.98 Å². The molecule has 0 atom stereocenters. The molecule has 0 bridgehead atoms. The number of nitrogens with zero attached hydrogens (tertiary/aromatic N) is 3. The normalized spacial score (nSPS) is 10.7. The van der Waals surface area contributed by atoms with E-state index in [1.54, 1.807) is 18.2 Å². The molecule has 0 aliphatic carbocycles. The van der Waals surface area contributed by atoms with Crippen molar-refractivity contribution in [3.8, 4) is 10.6 Å². The number of amides is 1. The summed E-state index contributed by atoms with van der Waals surface area (Å²) in [6.07, 6.45) is 0. The van der Waals surface area contributed by atoms with Gasteiger partial charge in [0.15, 0.2) is 11.5 Å². The molecule has 9 heteroatoms. The second-order valence-electron chi connectivity index (χ2n) is 7.92. The van der Waals surface area contributed by atoms with Gasteiger partial charge in [-0.3, -0.25) is 4.79 Å². The van der Waals surface area contributed by atoms with Crippen molar-refractivity contribution in [2.75, 3.05) is 16.0 Å². The number of aromatic nitrogens is 3. The number of thiophene rings is 1. The highest BCUT2D eigenvalue weighted by molar-refractivity contribution is 7.13. The summed E-state index contributed by atoms with van der Waals surface area (Å²) >= 11 is 1.52. The molecule has 3 heterocycles. The minimum absolute atomic E-state index is 0.220. The molecule has 3 N–H and O–H groups in total. The van der Waals surface area contributed by atoms with Crippen molar-refractivity contribution >= 4 is 46.1 Å². The van der Waals surface area contributed by atoms with E-state index in [1.807, 2.05) is 73.8 Å². The SMILES string of the molecule is Cc1ccc(Nc2cc(C)nc(Nc3ccc(NC(=O)c4cc(-c5cccs5)on4)cc3)n2)cc1. The van der Waals surface area contributed by atoms with Crippen LogP contribution in [0.2, 0.25) is 0 Å². The first-order valence-corrected chi connectivity index (χ1v) is 11.8. The molecule has 0 aliphatic rings. The van der Waals surface area contributed by atoms with Gasteiger partial charge in [0.05, 0.1) is 4.88 Å². The predicted octanol–water partition coefficient (Wildman–Crippen LogP) is 6.55. The Balaban J connectivity index is 1.23. The predicted molar refractivity (Wildman–Crippen MR) is 139 cm³/mol. The smallest absolute Gasteiger partial charge is 0.277 e. The summed E-state index contributed by atoms with van der Waals surface area (Å²) in [5.41, 5.74) is 4.62. The molecule has 0 aliphatic heterocycles. The van der Waals surface area contributed by atoms with Crippen LogP contribution in [0.5, 0.6) is 0 Å². The lowest BCUT2D eigenvalue weighted by atomic mass is 10.2. The van der Waals surface area contributed by atoms with E-state index in [4.69, 9.17) is 4.52 Å². The van der Waals surface area contributed by atoms with Crippen LogP contribution in [0.25, 0.3) is 10.6 Å². The van der Waals surface area contributed by atoms with Gasteiger partial charge in [0.1, 0.15) is 5.82 Å². The summed E-state index contributed by atoms with van der Waals surface area (Å²) in [4.78, 5) is 22.5. The van der Waals surface area contributed by atoms with E-state index >= 15 is 0 Å². The molecule has 1 amide bonds. The Morgan fingerprint density at radius 3 is 2.31 bits per heavy atom. The summed E-state index contributed by atoms with van der Waals surface area (Å²) in [6.45, 7) is 3.97. The van der Waals surface area contributed by atoms with Crippen molar-refractivity contribution in [3.05, 3.63) is 95.1 Å². The minimum Gasteiger partial charge on any atom is -0.355 e. The van der Waals surface area contributed by atoms with Crippen LogP contribution in [0.4, 0.5) is 28.8 Å². The number of rotatable bonds is 7. The Kier molecular flexibility index (Phi) is 6.23. The van der Waals surface area contributed by atoms with Gasteiger partial charge in [-0.05, 0) is 61.7 Å². The van der Waals surface area contributed by atoms with Gasteiger partial charge in [-0.15, -0.1) is 11.3 Å². The molecular formula is C26H22N6O2S. The monoisotopic (exact) mass is 482 g/mol. The lowest BCUT2D eigenvalue weighted by molar-refractivity contribution is 0.101. The summed E-state index contributed by atoms with van der Waals surface area (Å²) in [5.74, 6) is 1.40. The molecule has 0 saturated heterocycles. The zero-order valence-electron chi connectivity index (χ0n) is 19.1. The topological polar surface area (TPSA) is 105 Å². The number of hydrogen-bond donors (Lipinski definition) is 3. The fraction of sp³-hybridized carbons (Fsp3) is 0.0769. The van der Waals surface area contributed by atoms with E-state index in [0.717, 1.165) is 21.9 Å². The van der Waals surface area contributed by atoms with Crippen LogP contribution < -0.4 is 16.0 Å². The molecule has 0 saturated carbocycles. The minimum atomic E-state index is -0.342. The van der Waals surface area contributed by atoms with Crippen molar-refractivity contribution in [2.45, 2.75) is 13.8 Å². The van der Waals surface area contributed by atoms with Gasteiger partial charge in [0.25, 0.3) is 5.91 Å². The largest absolute Gasteiger partial charge is 0.355 e. The summed E-state index contributed by atoms with van der Waals surface area (Å²) in [6, 6.07) is 22.7.